The normalized spacial score (nSPS) is 16.8. The maximum atomic E-state index is 10.4. The summed E-state index contributed by atoms with van der Waals surface area (Å²) < 4.78 is 0. The van der Waals surface area contributed by atoms with Crippen molar-refractivity contribution in [3.8, 4) is 0 Å². The predicted octanol–water partition coefficient (Wildman–Crippen LogP) is -1.51. The van der Waals surface area contributed by atoms with Gasteiger partial charge in [-0.15, -0.1) is 11.3 Å². The molecule has 2 rings (SSSR count). The standard InChI is InChI=1S/C11H15NO2S.Li/c13-11(14)6-10-12-9(7-15-10)8-4-2-1-3-5-8;/h7-8H,1-6H2,(H,13,14);/q;+1/p-1. The summed E-state index contributed by atoms with van der Waals surface area (Å²) in [4.78, 5) is 14.8. The van der Waals surface area contributed by atoms with Gasteiger partial charge in [-0.2, -0.15) is 0 Å². The van der Waals surface area contributed by atoms with Crippen LogP contribution in [0.5, 0.6) is 0 Å². The van der Waals surface area contributed by atoms with E-state index in [-0.39, 0.29) is 25.3 Å². The van der Waals surface area contributed by atoms with E-state index in [0.717, 1.165) is 5.69 Å². The van der Waals surface area contributed by atoms with E-state index in [1.807, 2.05) is 5.38 Å². The Bertz CT molecular complexity index is 348. The fraction of sp³-hybridized carbons (Fsp3) is 0.636. The van der Waals surface area contributed by atoms with Crippen molar-refractivity contribution in [3.05, 3.63) is 16.1 Å². The fourth-order valence-corrected chi connectivity index (χ4v) is 2.98. The Kier molecular flexibility index (Phi) is 5.54. The first-order chi connectivity index (χ1) is 7.25. The van der Waals surface area contributed by atoms with Crippen LogP contribution in [-0.4, -0.2) is 11.0 Å². The second-order valence-corrected chi connectivity index (χ2v) is 4.99. The summed E-state index contributed by atoms with van der Waals surface area (Å²) in [6.45, 7) is 0. The third-order valence-corrected chi connectivity index (χ3v) is 3.76. The Morgan fingerprint density at radius 1 is 1.44 bits per heavy atom. The quantitative estimate of drug-likeness (QED) is 0.594. The van der Waals surface area contributed by atoms with E-state index in [1.54, 1.807) is 0 Å². The van der Waals surface area contributed by atoms with Gasteiger partial charge < -0.3 is 9.90 Å². The number of carbonyl (C=O) groups excluding carboxylic acids is 1. The van der Waals surface area contributed by atoms with Gasteiger partial charge in [-0.25, -0.2) is 4.98 Å². The van der Waals surface area contributed by atoms with Gasteiger partial charge in [0, 0.05) is 23.7 Å². The van der Waals surface area contributed by atoms with Gasteiger partial charge in [0.15, 0.2) is 0 Å². The van der Waals surface area contributed by atoms with Crippen LogP contribution in [0, 0.1) is 0 Å². The molecular formula is C11H14LiNO2S. The number of aromatic nitrogens is 1. The molecule has 1 fully saturated rings. The van der Waals surface area contributed by atoms with Crippen molar-refractivity contribution in [2.24, 2.45) is 0 Å². The Morgan fingerprint density at radius 2 is 2.12 bits per heavy atom. The topological polar surface area (TPSA) is 53.0 Å². The number of carboxylic acids is 1. The van der Waals surface area contributed by atoms with Crippen LogP contribution in [-0.2, 0) is 11.2 Å². The summed E-state index contributed by atoms with van der Waals surface area (Å²) in [5.41, 5.74) is 1.09. The molecule has 1 saturated carbocycles. The molecular weight excluding hydrogens is 217 g/mol. The average molecular weight is 231 g/mol. The summed E-state index contributed by atoms with van der Waals surface area (Å²) in [5, 5.41) is 13.1. The molecule has 0 aliphatic heterocycles. The summed E-state index contributed by atoms with van der Waals surface area (Å²) >= 11 is 1.44. The third kappa shape index (κ3) is 3.62. The molecule has 0 radical (unpaired) electrons. The molecule has 0 atom stereocenters. The van der Waals surface area contributed by atoms with Crippen molar-refractivity contribution >= 4 is 17.3 Å². The number of hydrogen-bond acceptors (Lipinski definition) is 4. The minimum absolute atomic E-state index is 0. The van der Waals surface area contributed by atoms with Gasteiger partial charge in [0.2, 0.25) is 0 Å². The van der Waals surface area contributed by atoms with Crippen LogP contribution in [0.2, 0.25) is 0 Å². The number of carboxylic acid groups (broad SMARTS) is 1. The molecule has 0 amide bonds. The molecule has 0 spiro atoms. The summed E-state index contributed by atoms with van der Waals surface area (Å²) in [6, 6.07) is 0. The Balaban J connectivity index is 0.00000128. The molecule has 5 heteroatoms. The van der Waals surface area contributed by atoms with Crippen LogP contribution >= 0.6 is 11.3 Å². The molecule has 1 aromatic heterocycles. The van der Waals surface area contributed by atoms with Crippen molar-refractivity contribution in [2.75, 3.05) is 0 Å². The largest absolute Gasteiger partial charge is 1.00 e. The molecule has 0 N–H and O–H groups in total. The van der Waals surface area contributed by atoms with Crippen molar-refractivity contribution in [1.29, 1.82) is 0 Å². The molecule has 3 nitrogen and oxygen atoms in total. The van der Waals surface area contributed by atoms with Crippen LogP contribution in [0.1, 0.15) is 48.7 Å². The number of carbonyl (C=O) groups is 1. The SMILES string of the molecule is O=C([O-])Cc1nc(C2CCCCC2)cs1.[Li+]. The zero-order chi connectivity index (χ0) is 10.7. The third-order valence-electron chi connectivity index (χ3n) is 2.89. The number of nitrogens with zero attached hydrogens (tertiary/aromatic N) is 1. The number of thiazole rings is 1. The molecule has 1 aromatic rings. The molecule has 0 saturated heterocycles. The van der Waals surface area contributed by atoms with Gasteiger partial charge in [-0.3, -0.25) is 0 Å². The van der Waals surface area contributed by atoms with E-state index in [1.165, 1.54) is 43.4 Å². The van der Waals surface area contributed by atoms with Crippen molar-refractivity contribution < 1.29 is 28.8 Å². The maximum absolute atomic E-state index is 10.4. The van der Waals surface area contributed by atoms with Gasteiger partial charge in [0.05, 0.1) is 10.7 Å². The fourth-order valence-electron chi connectivity index (χ4n) is 2.12. The number of hydrogen-bond donors (Lipinski definition) is 0. The smallest absolute Gasteiger partial charge is 0.550 e. The number of aliphatic carboxylic acids is 1. The van der Waals surface area contributed by atoms with E-state index in [2.05, 4.69) is 4.98 Å². The molecule has 16 heavy (non-hydrogen) atoms. The first-order valence-electron chi connectivity index (χ1n) is 5.40. The van der Waals surface area contributed by atoms with Gasteiger partial charge in [-0.05, 0) is 12.8 Å². The van der Waals surface area contributed by atoms with E-state index < -0.39 is 5.97 Å². The summed E-state index contributed by atoms with van der Waals surface area (Å²) in [5.74, 6) is -0.481. The maximum Gasteiger partial charge on any atom is 1.00 e. The van der Waals surface area contributed by atoms with Crippen LogP contribution in [0.15, 0.2) is 5.38 Å². The minimum Gasteiger partial charge on any atom is -0.550 e. The van der Waals surface area contributed by atoms with Gasteiger partial charge in [-0.1, -0.05) is 19.3 Å². The van der Waals surface area contributed by atoms with Crippen LogP contribution in [0.25, 0.3) is 0 Å². The van der Waals surface area contributed by atoms with Gasteiger partial charge >= 0.3 is 18.9 Å². The zero-order valence-electron chi connectivity index (χ0n) is 9.57. The Labute approximate surface area is 111 Å². The minimum atomic E-state index is -1.04. The van der Waals surface area contributed by atoms with E-state index >= 15 is 0 Å². The molecule has 1 heterocycles. The average Bonchev–Trinajstić information content (AvgIpc) is 2.67. The number of rotatable bonds is 3. The van der Waals surface area contributed by atoms with Crippen LogP contribution in [0.4, 0.5) is 0 Å². The van der Waals surface area contributed by atoms with Crippen LogP contribution < -0.4 is 24.0 Å². The Hall–Kier alpha value is -0.303. The zero-order valence-corrected chi connectivity index (χ0v) is 10.4. The second-order valence-electron chi connectivity index (χ2n) is 4.05. The molecule has 1 aliphatic rings. The van der Waals surface area contributed by atoms with Crippen molar-refractivity contribution in [2.45, 2.75) is 44.4 Å². The Morgan fingerprint density at radius 3 is 2.75 bits per heavy atom. The second kappa shape index (κ2) is 6.44. The first-order valence-corrected chi connectivity index (χ1v) is 6.28. The van der Waals surface area contributed by atoms with Crippen molar-refractivity contribution in [1.82, 2.24) is 4.98 Å². The monoisotopic (exact) mass is 231 g/mol. The summed E-state index contributed by atoms with van der Waals surface area (Å²) in [6.07, 6.45) is 6.24. The predicted molar refractivity (Wildman–Crippen MR) is 56.7 cm³/mol. The molecule has 0 bridgehead atoms. The molecule has 82 valence electrons. The molecule has 1 aliphatic carbocycles. The van der Waals surface area contributed by atoms with E-state index in [0.29, 0.717) is 10.9 Å². The summed E-state index contributed by atoms with van der Waals surface area (Å²) in [7, 11) is 0. The van der Waals surface area contributed by atoms with E-state index in [9.17, 15) is 9.90 Å². The van der Waals surface area contributed by atoms with Crippen LogP contribution in [0.3, 0.4) is 0 Å². The molecule has 0 unspecified atom stereocenters. The molecule has 0 aromatic carbocycles. The van der Waals surface area contributed by atoms with Gasteiger partial charge in [0.25, 0.3) is 0 Å². The van der Waals surface area contributed by atoms with Crippen molar-refractivity contribution in [3.63, 3.8) is 0 Å². The van der Waals surface area contributed by atoms with Gasteiger partial charge in [0.1, 0.15) is 0 Å². The van der Waals surface area contributed by atoms with E-state index in [4.69, 9.17) is 0 Å². The first kappa shape index (κ1) is 13.8.